The molecule has 7 heteroatoms. The van der Waals surface area contributed by atoms with Crippen LogP contribution >= 0.6 is 0 Å². The van der Waals surface area contributed by atoms with E-state index in [0.29, 0.717) is 5.69 Å². The van der Waals surface area contributed by atoms with Gasteiger partial charge in [-0.2, -0.15) is 0 Å². The lowest BCUT2D eigenvalue weighted by Gasteiger charge is -2.32. The number of anilines is 1. The molecule has 1 heterocycles. The maximum atomic E-state index is 12.8. The number of hydrogen-bond donors (Lipinski definition) is 0. The topological polar surface area (TPSA) is 55.8 Å². The Morgan fingerprint density at radius 1 is 0.846 bits per heavy atom. The number of hydrogen-bond acceptors (Lipinski definition) is 4. The molecule has 0 saturated carbocycles. The summed E-state index contributed by atoms with van der Waals surface area (Å²) in [4.78, 5) is 0.226. The van der Waals surface area contributed by atoms with Gasteiger partial charge in [-0.05, 0) is 57.4 Å². The maximum Gasteiger partial charge on any atom is 0.494 e. The molecule has 1 aliphatic heterocycles. The van der Waals surface area contributed by atoms with Gasteiger partial charge < -0.3 is 9.31 Å². The first kappa shape index (κ1) is 19.0. The van der Waals surface area contributed by atoms with Crippen LogP contribution in [0.2, 0.25) is 0 Å². The molecule has 0 atom stereocenters. The Kier molecular flexibility index (Phi) is 4.67. The van der Waals surface area contributed by atoms with E-state index in [-0.39, 0.29) is 4.90 Å². The van der Waals surface area contributed by atoms with Crippen molar-refractivity contribution in [1.82, 2.24) is 0 Å². The van der Waals surface area contributed by atoms with Crippen molar-refractivity contribution in [3.63, 3.8) is 0 Å². The third kappa shape index (κ3) is 3.27. The zero-order valence-corrected chi connectivity index (χ0v) is 16.6. The average molecular weight is 373 g/mol. The highest BCUT2D eigenvalue weighted by atomic mass is 32.2. The normalized spacial score (nSPS) is 18.7. The Morgan fingerprint density at radius 3 is 1.85 bits per heavy atom. The summed E-state index contributed by atoms with van der Waals surface area (Å²) in [6, 6.07) is 15.7. The summed E-state index contributed by atoms with van der Waals surface area (Å²) in [6.07, 6.45) is 0. The highest BCUT2D eigenvalue weighted by Crippen LogP contribution is 2.36. The van der Waals surface area contributed by atoms with E-state index in [9.17, 15) is 8.42 Å². The molecule has 0 radical (unpaired) electrons. The van der Waals surface area contributed by atoms with Gasteiger partial charge in [-0.25, -0.2) is 8.42 Å². The molecule has 0 amide bonds. The molecule has 5 nitrogen and oxygen atoms in total. The van der Waals surface area contributed by atoms with Crippen molar-refractivity contribution in [2.75, 3.05) is 11.4 Å². The van der Waals surface area contributed by atoms with E-state index in [1.54, 1.807) is 43.4 Å². The summed E-state index contributed by atoms with van der Waals surface area (Å²) in [5.74, 6) is 0. The lowest BCUT2D eigenvalue weighted by molar-refractivity contribution is 0.00578. The van der Waals surface area contributed by atoms with Crippen LogP contribution in [0.3, 0.4) is 0 Å². The van der Waals surface area contributed by atoms with Crippen molar-refractivity contribution in [1.29, 1.82) is 0 Å². The van der Waals surface area contributed by atoms with Gasteiger partial charge in [-0.1, -0.05) is 30.3 Å². The lowest BCUT2D eigenvalue weighted by atomic mass is 9.79. The van der Waals surface area contributed by atoms with E-state index in [4.69, 9.17) is 9.31 Å². The van der Waals surface area contributed by atoms with Crippen molar-refractivity contribution < 1.29 is 17.7 Å². The van der Waals surface area contributed by atoms with Crippen LogP contribution in [-0.2, 0) is 19.3 Å². The summed E-state index contributed by atoms with van der Waals surface area (Å²) in [5, 5.41) is 0. The summed E-state index contributed by atoms with van der Waals surface area (Å²) >= 11 is 0. The van der Waals surface area contributed by atoms with Crippen molar-refractivity contribution >= 4 is 28.3 Å². The number of para-hydroxylation sites is 1. The minimum absolute atomic E-state index is 0.226. The molecule has 0 unspecified atom stereocenters. The van der Waals surface area contributed by atoms with Crippen LogP contribution in [0, 0.1) is 0 Å². The fourth-order valence-corrected chi connectivity index (χ4v) is 3.91. The average Bonchev–Trinajstić information content (AvgIpc) is 2.83. The van der Waals surface area contributed by atoms with E-state index in [1.807, 2.05) is 45.9 Å². The van der Waals surface area contributed by atoms with E-state index in [0.717, 1.165) is 5.46 Å². The molecule has 0 aromatic heterocycles. The van der Waals surface area contributed by atoms with Gasteiger partial charge in [0.05, 0.1) is 21.8 Å². The largest absolute Gasteiger partial charge is 0.494 e. The minimum Gasteiger partial charge on any atom is -0.399 e. The van der Waals surface area contributed by atoms with Gasteiger partial charge in [0.1, 0.15) is 0 Å². The lowest BCUT2D eigenvalue weighted by Crippen LogP contribution is -2.41. The maximum absolute atomic E-state index is 12.8. The molecule has 3 rings (SSSR count). The first-order chi connectivity index (χ1) is 12.0. The Bertz CT molecular complexity index is 864. The Balaban J connectivity index is 1.84. The standard InChI is InChI=1S/C19H24BNO4S/c1-18(2)19(3,4)25-20(24-18)15-11-13-17(14-12-15)26(22,23)21(5)16-9-7-6-8-10-16/h6-14H,1-5H3. The number of benzene rings is 2. The van der Waals surface area contributed by atoms with Crippen LogP contribution in [0.5, 0.6) is 0 Å². The van der Waals surface area contributed by atoms with Crippen LogP contribution in [0.1, 0.15) is 27.7 Å². The molecule has 138 valence electrons. The van der Waals surface area contributed by atoms with E-state index < -0.39 is 28.3 Å². The van der Waals surface area contributed by atoms with E-state index >= 15 is 0 Å². The Morgan fingerprint density at radius 2 is 1.35 bits per heavy atom. The van der Waals surface area contributed by atoms with Crippen molar-refractivity contribution in [3.8, 4) is 0 Å². The molecule has 1 fully saturated rings. The molecule has 26 heavy (non-hydrogen) atoms. The third-order valence-corrected chi connectivity index (χ3v) is 6.98. The van der Waals surface area contributed by atoms with Crippen molar-refractivity contribution in [2.45, 2.75) is 43.8 Å². The SMILES string of the molecule is CN(c1ccccc1)S(=O)(=O)c1ccc(B2OC(C)(C)C(C)(C)O2)cc1. The number of rotatable bonds is 4. The van der Waals surface area contributed by atoms with E-state index in [1.165, 1.54) is 4.31 Å². The van der Waals surface area contributed by atoms with Crippen molar-refractivity contribution in [3.05, 3.63) is 54.6 Å². The number of nitrogens with zero attached hydrogens (tertiary/aromatic N) is 1. The van der Waals surface area contributed by atoms with Crippen molar-refractivity contribution in [2.24, 2.45) is 0 Å². The van der Waals surface area contributed by atoms with Crippen LogP contribution < -0.4 is 9.77 Å². The third-order valence-electron chi connectivity index (χ3n) is 5.18. The summed E-state index contributed by atoms with van der Waals surface area (Å²) in [7, 11) is -2.59. The highest BCUT2D eigenvalue weighted by Gasteiger charge is 2.51. The molecule has 1 aliphatic rings. The Hall–Kier alpha value is -1.83. The van der Waals surface area contributed by atoms with Gasteiger partial charge in [0.15, 0.2) is 0 Å². The zero-order chi connectivity index (χ0) is 19.2. The fourth-order valence-electron chi connectivity index (χ4n) is 2.71. The van der Waals surface area contributed by atoms with Crippen LogP contribution in [0.15, 0.2) is 59.5 Å². The second-order valence-electron chi connectivity index (χ2n) is 7.47. The van der Waals surface area contributed by atoms with Gasteiger partial charge in [-0.15, -0.1) is 0 Å². The van der Waals surface area contributed by atoms with Gasteiger partial charge >= 0.3 is 7.12 Å². The molecule has 0 N–H and O–H groups in total. The molecule has 0 spiro atoms. The molecule has 2 aromatic carbocycles. The van der Waals surface area contributed by atoms with Gasteiger partial charge in [0.2, 0.25) is 0 Å². The molecular weight excluding hydrogens is 349 g/mol. The predicted octanol–water partition coefficient (Wildman–Crippen LogP) is 2.81. The van der Waals surface area contributed by atoms with Gasteiger partial charge in [-0.3, -0.25) is 4.31 Å². The highest BCUT2D eigenvalue weighted by molar-refractivity contribution is 7.92. The van der Waals surface area contributed by atoms with Crippen LogP contribution in [-0.4, -0.2) is 33.8 Å². The summed E-state index contributed by atoms with van der Waals surface area (Å²) < 4.78 is 39.0. The molecule has 1 saturated heterocycles. The summed E-state index contributed by atoms with van der Waals surface area (Å²) in [6.45, 7) is 7.95. The van der Waals surface area contributed by atoms with Crippen LogP contribution in [0.25, 0.3) is 0 Å². The Labute approximate surface area is 156 Å². The number of sulfonamides is 1. The molecule has 2 aromatic rings. The first-order valence-electron chi connectivity index (χ1n) is 8.54. The van der Waals surface area contributed by atoms with Crippen LogP contribution in [0.4, 0.5) is 5.69 Å². The monoisotopic (exact) mass is 373 g/mol. The van der Waals surface area contributed by atoms with E-state index in [2.05, 4.69) is 0 Å². The van der Waals surface area contributed by atoms with Gasteiger partial charge in [0.25, 0.3) is 10.0 Å². The smallest absolute Gasteiger partial charge is 0.399 e. The van der Waals surface area contributed by atoms with Gasteiger partial charge in [0, 0.05) is 7.05 Å². The second kappa shape index (κ2) is 6.41. The fraction of sp³-hybridized carbons (Fsp3) is 0.368. The second-order valence-corrected chi connectivity index (χ2v) is 9.43. The zero-order valence-electron chi connectivity index (χ0n) is 15.8. The predicted molar refractivity (Wildman–Crippen MR) is 104 cm³/mol. The first-order valence-corrected chi connectivity index (χ1v) is 9.98. The minimum atomic E-state index is -3.63. The quantitative estimate of drug-likeness (QED) is 0.774. The summed E-state index contributed by atoms with van der Waals surface area (Å²) in [5.41, 5.74) is 0.541. The molecule has 0 aliphatic carbocycles. The molecule has 0 bridgehead atoms. The molecular formula is C19H24BNO4S.